The van der Waals surface area contributed by atoms with Gasteiger partial charge in [0.25, 0.3) is 0 Å². The number of halogens is 2. The van der Waals surface area contributed by atoms with E-state index in [1.807, 2.05) is 31.1 Å². The lowest BCUT2D eigenvalue weighted by molar-refractivity contribution is 0.137. The second-order valence-electron chi connectivity index (χ2n) is 3.83. The van der Waals surface area contributed by atoms with Crippen molar-refractivity contribution in [3.05, 3.63) is 33.8 Å². The fourth-order valence-corrected chi connectivity index (χ4v) is 1.84. The average molecular weight is 248 g/mol. The van der Waals surface area contributed by atoms with Crippen molar-refractivity contribution in [3.63, 3.8) is 0 Å². The van der Waals surface area contributed by atoms with E-state index in [1.165, 1.54) is 0 Å². The van der Waals surface area contributed by atoms with Crippen LogP contribution in [0.4, 0.5) is 0 Å². The Morgan fingerprint density at radius 2 is 2.00 bits per heavy atom. The maximum absolute atomic E-state index is 9.74. The van der Waals surface area contributed by atoms with Crippen LogP contribution in [-0.4, -0.2) is 36.8 Å². The van der Waals surface area contributed by atoms with Gasteiger partial charge in [-0.05, 0) is 25.7 Å². The van der Waals surface area contributed by atoms with Gasteiger partial charge in [0, 0.05) is 13.0 Å². The molecule has 1 N–H and O–H groups in total. The highest BCUT2D eigenvalue weighted by Crippen LogP contribution is 2.26. The van der Waals surface area contributed by atoms with Gasteiger partial charge in [0.1, 0.15) is 0 Å². The molecule has 0 radical (unpaired) electrons. The van der Waals surface area contributed by atoms with E-state index < -0.39 is 6.10 Å². The molecular formula is C11H15Cl2NO. The molecule has 0 aliphatic carbocycles. The lowest BCUT2D eigenvalue weighted by Gasteiger charge is -2.16. The van der Waals surface area contributed by atoms with E-state index in [1.54, 1.807) is 6.07 Å². The molecule has 1 aromatic rings. The number of nitrogens with zero attached hydrogens (tertiary/aromatic N) is 1. The van der Waals surface area contributed by atoms with E-state index >= 15 is 0 Å². The molecule has 1 atom stereocenters. The zero-order valence-corrected chi connectivity index (χ0v) is 10.4. The molecule has 4 heteroatoms. The van der Waals surface area contributed by atoms with Gasteiger partial charge in [-0.1, -0.05) is 35.3 Å². The number of rotatable bonds is 4. The molecule has 0 spiro atoms. The monoisotopic (exact) mass is 247 g/mol. The Balaban J connectivity index is 2.68. The summed E-state index contributed by atoms with van der Waals surface area (Å²) in [6.45, 7) is 0.614. The van der Waals surface area contributed by atoms with Gasteiger partial charge >= 0.3 is 0 Å². The second kappa shape index (κ2) is 5.71. The number of aliphatic hydroxyl groups is 1. The van der Waals surface area contributed by atoms with Crippen LogP contribution in [0, 0.1) is 0 Å². The summed E-state index contributed by atoms with van der Waals surface area (Å²) in [7, 11) is 3.84. The third-order valence-electron chi connectivity index (χ3n) is 2.06. The molecular weight excluding hydrogens is 233 g/mol. The number of hydrogen-bond acceptors (Lipinski definition) is 2. The smallest absolute Gasteiger partial charge is 0.0707 e. The number of benzene rings is 1. The molecule has 0 aliphatic rings. The van der Waals surface area contributed by atoms with Crippen LogP contribution < -0.4 is 0 Å². The molecule has 0 aliphatic heterocycles. The predicted octanol–water partition coefficient (Wildman–Crippen LogP) is 2.46. The van der Waals surface area contributed by atoms with Crippen LogP contribution in [-0.2, 0) is 6.42 Å². The van der Waals surface area contributed by atoms with E-state index in [2.05, 4.69) is 0 Å². The van der Waals surface area contributed by atoms with Crippen LogP contribution in [0.5, 0.6) is 0 Å². The Kier molecular flexibility index (Phi) is 4.87. The van der Waals surface area contributed by atoms with E-state index in [0.717, 1.165) is 5.56 Å². The zero-order valence-electron chi connectivity index (χ0n) is 8.87. The minimum Gasteiger partial charge on any atom is -0.391 e. The summed E-state index contributed by atoms with van der Waals surface area (Å²) < 4.78 is 0. The molecule has 84 valence electrons. The first kappa shape index (κ1) is 12.8. The van der Waals surface area contributed by atoms with Crippen molar-refractivity contribution in [2.75, 3.05) is 20.6 Å². The molecule has 0 bridgehead atoms. The fourth-order valence-electron chi connectivity index (χ4n) is 1.45. The van der Waals surface area contributed by atoms with Crippen molar-refractivity contribution in [3.8, 4) is 0 Å². The van der Waals surface area contributed by atoms with Gasteiger partial charge in [0.2, 0.25) is 0 Å². The molecule has 0 amide bonds. The van der Waals surface area contributed by atoms with Crippen LogP contribution in [0.25, 0.3) is 0 Å². The lowest BCUT2D eigenvalue weighted by Crippen LogP contribution is -2.27. The SMILES string of the molecule is CN(C)CC(O)Cc1cccc(Cl)c1Cl. The first-order valence-electron chi connectivity index (χ1n) is 4.76. The van der Waals surface area contributed by atoms with Gasteiger partial charge in [-0.15, -0.1) is 0 Å². The van der Waals surface area contributed by atoms with Crippen LogP contribution >= 0.6 is 23.2 Å². The van der Waals surface area contributed by atoms with Crippen LogP contribution in [0.2, 0.25) is 10.0 Å². The van der Waals surface area contributed by atoms with Gasteiger partial charge in [0.15, 0.2) is 0 Å². The molecule has 0 saturated heterocycles. The molecule has 1 rings (SSSR count). The molecule has 2 nitrogen and oxygen atoms in total. The quantitative estimate of drug-likeness (QED) is 0.884. The Bertz CT molecular complexity index is 328. The third kappa shape index (κ3) is 3.99. The van der Waals surface area contributed by atoms with E-state index in [9.17, 15) is 5.11 Å². The first-order valence-corrected chi connectivity index (χ1v) is 5.52. The summed E-state index contributed by atoms with van der Waals surface area (Å²) in [5.41, 5.74) is 0.888. The van der Waals surface area contributed by atoms with E-state index in [0.29, 0.717) is 23.0 Å². The molecule has 0 fully saturated rings. The van der Waals surface area contributed by atoms with Gasteiger partial charge in [-0.25, -0.2) is 0 Å². The van der Waals surface area contributed by atoms with Crippen LogP contribution in [0.1, 0.15) is 5.56 Å². The van der Waals surface area contributed by atoms with Gasteiger partial charge in [-0.3, -0.25) is 0 Å². The maximum atomic E-state index is 9.74. The van der Waals surface area contributed by atoms with Crippen molar-refractivity contribution in [1.29, 1.82) is 0 Å². The van der Waals surface area contributed by atoms with Gasteiger partial charge < -0.3 is 10.0 Å². The molecule has 1 aromatic carbocycles. The van der Waals surface area contributed by atoms with Crippen molar-refractivity contribution >= 4 is 23.2 Å². The summed E-state index contributed by atoms with van der Waals surface area (Å²) in [6.07, 6.45) is 0.105. The summed E-state index contributed by atoms with van der Waals surface area (Å²) in [5, 5.41) is 10.8. The Hall–Kier alpha value is -0.280. The van der Waals surface area contributed by atoms with E-state index in [4.69, 9.17) is 23.2 Å². The maximum Gasteiger partial charge on any atom is 0.0707 e. The minimum absolute atomic E-state index is 0.420. The highest BCUT2D eigenvalue weighted by molar-refractivity contribution is 6.42. The number of likely N-dealkylation sites (N-methyl/N-ethyl adjacent to an activating group) is 1. The lowest BCUT2D eigenvalue weighted by atomic mass is 10.1. The summed E-state index contributed by atoms with van der Waals surface area (Å²) in [6, 6.07) is 5.46. The topological polar surface area (TPSA) is 23.5 Å². The van der Waals surface area contributed by atoms with Crippen molar-refractivity contribution in [2.45, 2.75) is 12.5 Å². The van der Waals surface area contributed by atoms with Gasteiger partial charge in [-0.2, -0.15) is 0 Å². The Morgan fingerprint density at radius 1 is 1.33 bits per heavy atom. The van der Waals surface area contributed by atoms with Crippen molar-refractivity contribution < 1.29 is 5.11 Å². The zero-order chi connectivity index (χ0) is 11.4. The third-order valence-corrected chi connectivity index (χ3v) is 2.92. The van der Waals surface area contributed by atoms with Gasteiger partial charge in [0.05, 0.1) is 16.1 Å². The summed E-state index contributed by atoms with van der Waals surface area (Å²) in [5.74, 6) is 0. The van der Waals surface area contributed by atoms with Crippen molar-refractivity contribution in [2.24, 2.45) is 0 Å². The largest absolute Gasteiger partial charge is 0.391 e. The minimum atomic E-state index is -0.420. The molecule has 1 unspecified atom stereocenters. The Labute approximate surface area is 100 Å². The fraction of sp³-hybridized carbons (Fsp3) is 0.455. The number of aliphatic hydroxyl groups excluding tert-OH is 1. The summed E-state index contributed by atoms with van der Waals surface area (Å²) >= 11 is 11.9. The Morgan fingerprint density at radius 3 is 2.60 bits per heavy atom. The molecule has 0 heterocycles. The average Bonchev–Trinajstić information content (AvgIpc) is 2.11. The van der Waals surface area contributed by atoms with E-state index in [-0.39, 0.29) is 0 Å². The highest BCUT2D eigenvalue weighted by Gasteiger charge is 2.10. The normalized spacial score (nSPS) is 13.2. The second-order valence-corrected chi connectivity index (χ2v) is 4.62. The first-order chi connectivity index (χ1) is 7.00. The van der Waals surface area contributed by atoms with Crippen molar-refractivity contribution in [1.82, 2.24) is 4.90 Å². The standard InChI is InChI=1S/C11H15Cl2NO/c1-14(2)7-9(15)6-8-4-3-5-10(12)11(8)13/h3-5,9,15H,6-7H2,1-2H3. The van der Waals surface area contributed by atoms with Crippen LogP contribution in [0.3, 0.4) is 0 Å². The highest BCUT2D eigenvalue weighted by atomic mass is 35.5. The molecule has 0 aromatic heterocycles. The molecule has 15 heavy (non-hydrogen) atoms. The summed E-state index contributed by atoms with van der Waals surface area (Å²) in [4.78, 5) is 1.93. The number of hydrogen-bond donors (Lipinski definition) is 1. The predicted molar refractivity (Wildman–Crippen MR) is 64.7 cm³/mol. The molecule has 0 saturated carbocycles. The van der Waals surface area contributed by atoms with Crippen LogP contribution in [0.15, 0.2) is 18.2 Å².